The fourth-order valence-corrected chi connectivity index (χ4v) is 4.07. The molecule has 0 aromatic heterocycles. The Balaban J connectivity index is 4.53. The molecule has 0 radical (unpaired) electrons. The van der Waals surface area contributed by atoms with Crippen molar-refractivity contribution < 1.29 is 22.8 Å². The smallest absolute Gasteiger partial charge is 0.377 e. The monoisotopic (exact) mass is 323 g/mol. The summed E-state index contributed by atoms with van der Waals surface area (Å²) < 4.78 is 27.7. The van der Waals surface area contributed by atoms with Gasteiger partial charge in [0.25, 0.3) is 0 Å². The summed E-state index contributed by atoms with van der Waals surface area (Å²) in [4.78, 5) is 2.20. The minimum absolute atomic E-state index is 0.0141. The molecule has 6 nitrogen and oxygen atoms in total. The van der Waals surface area contributed by atoms with Gasteiger partial charge in [0.1, 0.15) is 12.5 Å². The van der Waals surface area contributed by atoms with Crippen LogP contribution in [0.4, 0.5) is 0 Å². The van der Waals surface area contributed by atoms with Gasteiger partial charge in [0, 0.05) is 47.1 Å². The maximum absolute atomic E-state index is 5.70. The SMILES string of the molecule is CCOC(C)N(CCC[Si](OC)(OC)OC)C(C)OCC. The molecule has 0 bridgehead atoms. The first-order chi connectivity index (χ1) is 10.00. The Labute approximate surface area is 131 Å². The fraction of sp³-hybridized carbons (Fsp3) is 1.00. The first-order valence-corrected chi connectivity index (χ1v) is 9.57. The Morgan fingerprint density at radius 1 is 0.857 bits per heavy atom. The van der Waals surface area contributed by atoms with Gasteiger partial charge in [-0.2, -0.15) is 0 Å². The van der Waals surface area contributed by atoms with Crippen molar-refractivity contribution in [3.05, 3.63) is 0 Å². The Morgan fingerprint density at radius 3 is 1.62 bits per heavy atom. The molecule has 7 heteroatoms. The van der Waals surface area contributed by atoms with E-state index in [1.165, 1.54) is 0 Å². The Morgan fingerprint density at radius 2 is 1.29 bits per heavy atom. The summed E-state index contributed by atoms with van der Waals surface area (Å²) in [5.74, 6) is 0. The Hall–Kier alpha value is -0.0231. The van der Waals surface area contributed by atoms with Gasteiger partial charge in [-0.1, -0.05) is 0 Å². The van der Waals surface area contributed by atoms with E-state index in [1.54, 1.807) is 21.3 Å². The summed E-state index contributed by atoms with van der Waals surface area (Å²) in [6, 6.07) is 0.769. The molecule has 0 aromatic carbocycles. The summed E-state index contributed by atoms with van der Waals surface area (Å²) >= 11 is 0. The normalized spacial score (nSPS) is 15.4. The van der Waals surface area contributed by atoms with Crippen molar-refractivity contribution >= 4 is 8.80 Å². The van der Waals surface area contributed by atoms with Gasteiger partial charge >= 0.3 is 8.80 Å². The summed E-state index contributed by atoms with van der Waals surface area (Å²) in [5.41, 5.74) is 0. The van der Waals surface area contributed by atoms with Gasteiger partial charge in [-0.25, -0.2) is 0 Å². The molecule has 0 aromatic rings. The van der Waals surface area contributed by atoms with E-state index in [1.807, 2.05) is 27.7 Å². The van der Waals surface area contributed by atoms with Crippen LogP contribution in [0.3, 0.4) is 0 Å². The van der Waals surface area contributed by atoms with Crippen molar-refractivity contribution in [1.29, 1.82) is 0 Å². The number of hydrogen-bond donors (Lipinski definition) is 0. The molecule has 21 heavy (non-hydrogen) atoms. The van der Waals surface area contributed by atoms with Gasteiger partial charge < -0.3 is 22.8 Å². The average Bonchev–Trinajstić information content (AvgIpc) is 2.48. The highest BCUT2D eigenvalue weighted by Crippen LogP contribution is 2.17. The topological polar surface area (TPSA) is 49.4 Å². The minimum atomic E-state index is -2.50. The zero-order valence-electron chi connectivity index (χ0n) is 14.7. The number of nitrogens with zero attached hydrogens (tertiary/aromatic N) is 1. The van der Waals surface area contributed by atoms with Crippen LogP contribution < -0.4 is 0 Å². The van der Waals surface area contributed by atoms with Gasteiger partial charge in [0.15, 0.2) is 0 Å². The van der Waals surface area contributed by atoms with E-state index in [0.717, 1.165) is 19.0 Å². The van der Waals surface area contributed by atoms with Gasteiger partial charge in [0.05, 0.1) is 0 Å². The summed E-state index contributed by atoms with van der Waals surface area (Å²) in [6.07, 6.45) is 0.928. The predicted molar refractivity (Wildman–Crippen MR) is 85.1 cm³/mol. The summed E-state index contributed by atoms with van der Waals surface area (Å²) in [6.45, 7) is 10.3. The third-order valence-corrected chi connectivity index (χ3v) is 6.41. The quantitative estimate of drug-likeness (QED) is 0.383. The van der Waals surface area contributed by atoms with E-state index in [0.29, 0.717) is 13.2 Å². The van der Waals surface area contributed by atoms with Crippen molar-refractivity contribution in [2.24, 2.45) is 0 Å². The van der Waals surface area contributed by atoms with E-state index >= 15 is 0 Å². The molecule has 2 unspecified atom stereocenters. The van der Waals surface area contributed by atoms with Gasteiger partial charge in [-0.05, 0) is 34.1 Å². The predicted octanol–water partition coefficient (Wildman–Crippen LogP) is 2.32. The van der Waals surface area contributed by atoms with Crippen LogP contribution in [-0.2, 0) is 22.8 Å². The molecular formula is C14H33NO5Si. The highest BCUT2D eigenvalue weighted by molar-refractivity contribution is 6.60. The van der Waals surface area contributed by atoms with E-state index in [2.05, 4.69) is 4.90 Å². The number of hydrogen-bond acceptors (Lipinski definition) is 6. The number of ether oxygens (including phenoxy) is 2. The molecule has 0 N–H and O–H groups in total. The zero-order chi connectivity index (χ0) is 16.3. The standard InChI is InChI=1S/C14H33NO5Si/c1-8-19-13(3)15(14(4)20-9-2)11-10-12-21(16-5,17-6)18-7/h13-14H,8-12H2,1-7H3. The minimum Gasteiger partial charge on any atom is -0.377 e. The van der Waals surface area contributed by atoms with Crippen LogP contribution >= 0.6 is 0 Å². The van der Waals surface area contributed by atoms with Crippen molar-refractivity contribution in [2.75, 3.05) is 41.1 Å². The Bertz CT molecular complexity index is 233. The molecule has 0 spiro atoms. The molecule has 0 saturated heterocycles. The van der Waals surface area contributed by atoms with Gasteiger partial charge in [-0.15, -0.1) is 0 Å². The van der Waals surface area contributed by atoms with Crippen molar-refractivity contribution in [2.45, 2.75) is 52.6 Å². The summed E-state index contributed by atoms with van der Waals surface area (Å²) in [7, 11) is 2.43. The van der Waals surface area contributed by atoms with E-state index < -0.39 is 8.80 Å². The van der Waals surface area contributed by atoms with E-state index in [-0.39, 0.29) is 12.5 Å². The van der Waals surface area contributed by atoms with Gasteiger partial charge in [0.2, 0.25) is 0 Å². The zero-order valence-corrected chi connectivity index (χ0v) is 15.7. The average molecular weight is 324 g/mol. The molecule has 0 heterocycles. The lowest BCUT2D eigenvalue weighted by molar-refractivity contribution is -0.136. The van der Waals surface area contributed by atoms with E-state index in [9.17, 15) is 0 Å². The molecule has 128 valence electrons. The lowest BCUT2D eigenvalue weighted by Gasteiger charge is -2.34. The third kappa shape index (κ3) is 7.18. The molecule has 0 aliphatic rings. The van der Waals surface area contributed by atoms with Crippen LogP contribution in [0.15, 0.2) is 0 Å². The lowest BCUT2D eigenvalue weighted by atomic mass is 10.3. The fourth-order valence-electron chi connectivity index (χ4n) is 2.37. The molecule has 0 saturated carbocycles. The van der Waals surface area contributed by atoms with Crippen LogP contribution in [0, 0.1) is 0 Å². The highest BCUT2D eigenvalue weighted by Gasteiger charge is 2.37. The van der Waals surface area contributed by atoms with Crippen molar-refractivity contribution in [3.63, 3.8) is 0 Å². The first-order valence-electron chi connectivity index (χ1n) is 7.64. The molecule has 0 aliphatic heterocycles. The number of rotatable bonds is 13. The van der Waals surface area contributed by atoms with Crippen LogP contribution in [0.2, 0.25) is 6.04 Å². The molecule has 0 rings (SSSR count). The maximum Gasteiger partial charge on any atom is 0.500 e. The molecular weight excluding hydrogens is 290 g/mol. The largest absolute Gasteiger partial charge is 0.500 e. The van der Waals surface area contributed by atoms with Crippen LogP contribution in [0.5, 0.6) is 0 Å². The van der Waals surface area contributed by atoms with Crippen LogP contribution in [0.1, 0.15) is 34.1 Å². The second kappa shape index (κ2) is 11.5. The van der Waals surface area contributed by atoms with Crippen molar-refractivity contribution in [3.8, 4) is 0 Å². The van der Waals surface area contributed by atoms with Crippen LogP contribution in [0.25, 0.3) is 0 Å². The Kier molecular flexibility index (Phi) is 11.5. The molecule has 2 atom stereocenters. The molecule has 0 amide bonds. The third-order valence-electron chi connectivity index (χ3n) is 3.58. The van der Waals surface area contributed by atoms with Gasteiger partial charge in [-0.3, -0.25) is 4.90 Å². The summed E-state index contributed by atoms with van der Waals surface area (Å²) in [5, 5.41) is 0. The van der Waals surface area contributed by atoms with E-state index in [4.69, 9.17) is 22.8 Å². The molecule has 0 fully saturated rings. The second-order valence-corrected chi connectivity index (χ2v) is 7.84. The first kappa shape index (κ1) is 21.0. The highest BCUT2D eigenvalue weighted by atomic mass is 28.4. The van der Waals surface area contributed by atoms with Crippen molar-refractivity contribution in [1.82, 2.24) is 4.90 Å². The van der Waals surface area contributed by atoms with Crippen LogP contribution in [-0.4, -0.2) is 67.2 Å². The lowest BCUT2D eigenvalue weighted by Crippen LogP contribution is -2.46. The maximum atomic E-state index is 5.70. The second-order valence-electron chi connectivity index (χ2n) is 4.75. The molecule has 0 aliphatic carbocycles.